The number of carbonyl (C=O) groups excluding carboxylic acids is 1. The summed E-state index contributed by atoms with van der Waals surface area (Å²) in [6.45, 7) is 3.50. The number of hydrogen-bond donors (Lipinski definition) is 1. The molecule has 0 bridgehead atoms. The molecule has 13 heavy (non-hydrogen) atoms. The minimum absolute atomic E-state index is 0.0914. The highest BCUT2D eigenvalue weighted by Crippen LogP contribution is 2.29. The Morgan fingerprint density at radius 2 is 2.23 bits per heavy atom. The molecule has 1 atom stereocenters. The summed E-state index contributed by atoms with van der Waals surface area (Å²) in [6, 6.07) is 0. The zero-order chi connectivity index (χ0) is 9.84. The van der Waals surface area contributed by atoms with Gasteiger partial charge in [0.05, 0.1) is 0 Å². The van der Waals surface area contributed by atoms with Crippen LogP contribution in [0.5, 0.6) is 0 Å². The van der Waals surface area contributed by atoms with Crippen molar-refractivity contribution >= 4 is 5.91 Å². The highest BCUT2D eigenvalue weighted by molar-refractivity contribution is 5.78. The van der Waals surface area contributed by atoms with Crippen LogP contribution in [0.4, 0.5) is 0 Å². The van der Waals surface area contributed by atoms with Crippen LogP contribution in [0.2, 0.25) is 0 Å². The van der Waals surface area contributed by atoms with Crippen molar-refractivity contribution in [2.45, 2.75) is 26.2 Å². The summed E-state index contributed by atoms with van der Waals surface area (Å²) in [4.78, 5) is 13.5. The lowest BCUT2D eigenvalue weighted by Gasteiger charge is -2.20. The van der Waals surface area contributed by atoms with Crippen LogP contribution in [0.15, 0.2) is 0 Å². The predicted octanol–water partition coefficient (Wildman–Crippen LogP) is 0.840. The topological polar surface area (TPSA) is 46.3 Å². The molecule has 0 aromatic carbocycles. The van der Waals surface area contributed by atoms with Gasteiger partial charge in [-0.3, -0.25) is 4.79 Å². The van der Waals surface area contributed by atoms with Gasteiger partial charge in [-0.1, -0.05) is 6.92 Å². The Hall–Kier alpha value is -0.570. The van der Waals surface area contributed by atoms with E-state index in [9.17, 15) is 4.79 Å². The fourth-order valence-electron chi connectivity index (χ4n) is 1.53. The third-order valence-electron chi connectivity index (χ3n) is 2.63. The van der Waals surface area contributed by atoms with Crippen LogP contribution in [0, 0.1) is 11.8 Å². The van der Waals surface area contributed by atoms with Gasteiger partial charge in [-0.25, -0.2) is 0 Å². The van der Waals surface area contributed by atoms with Crippen molar-refractivity contribution in [3.8, 4) is 0 Å². The van der Waals surface area contributed by atoms with Gasteiger partial charge in [0.2, 0.25) is 5.91 Å². The lowest BCUT2D eigenvalue weighted by Crippen LogP contribution is -2.34. The molecular weight excluding hydrogens is 164 g/mol. The summed E-state index contributed by atoms with van der Waals surface area (Å²) < 4.78 is 0. The molecule has 0 heterocycles. The maximum atomic E-state index is 11.7. The Kier molecular flexibility index (Phi) is 3.72. The van der Waals surface area contributed by atoms with Gasteiger partial charge in [0.15, 0.2) is 0 Å². The van der Waals surface area contributed by atoms with Crippen molar-refractivity contribution in [1.82, 2.24) is 4.90 Å². The van der Waals surface area contributed by atoms with Crippen LogP contribution >= 0.6 is 0 Å². The smallest absolute Gasteiger partial charge is 0.225 e. The quantitative estimate of drug-likeness (QED) is 0.688. The normalized spacial score (nSPS) is 18.4. The van der Waals surface area contributed by atoms with E-state index in [1.165, 1.54) is 12.8 Å². The van der Waals surface area contributed by atoms with Crippen LogP contribution in [0.25, 0.3) is 0 Å². The average molecular weight is 184 g/mol. The minimum atomic E-state index is 0.0914. The van der Waals surface area contributed by atoms with E-state index < -0.39 is 0 Å². The molecule has 1 fully saturated rings. The molecular formula is C10H20N2O. The fourth-order valence-corrected chi connectivity index (χ4v) is 1.53. The summed E-state index contributed by atoms with van der Waals surface area (Å²) in [5.41, 5.74) is 5.41. The molecule has 1 aliphatic rings. The minimum Gasteiger partial charge on any atom is -0.345 e. The molecule has 1 amide bonds. The molecule has 0 aliphatic heterocycles. The molecule has 0 saturated heterocycles. The standard InChI is InChI=1S/C10H20N2O/c1-8(5-6-11)10(13)12(2)7-9-3-4-9/h8-9H,3-7,11H2,1-2H3. The Balaban J connectivity index is 2.26. The van der Waals surface area contributed by atoms with Crippen molar-refractivity contribution in [2.24, 2.45) is 17.6 Å². The Bertz CT molecular complexity index is 178. The van der Waals surface area contributed by atoms with Gasteiger partial charge in [0.1, 0.15) is 0 Å². The number of nitrogens with zero attached hydrogens (tertiary/aromatic N) is 1. The van der Waals surface area contributed by atoms with E-state index in [-0.39, 0.29) is 11.8 Å². The Morgan fingerprint density at radius 1 is 1.62 bits per heavy atom. The molecule has 1 rings (SSSR count). The zero-order valence-electron chi connectivity index (χ0n) is 8.62. The van der Waals surface area contributed by atoms with E-state index in [1.54, 1.807) is 0 Å². The number of amides is 1. The van der Waals surface area contributed by atoms with Gasteiger partial charge >= 0.3 is 0 Å². The van der Waals surface area contributed by atoms with Gasteiger partial charge in [-0.2, -0.15) is 0 Å². The van der Waals surface area contributed by atoms with E-state index in [0.717, 1.165) is 18.9 Å². The lowest BCUT2D eigenvalue weighted by molar-refractivity contribution is -0.134. The van der Waals surface area contributed by atoms with Gasteiger partial charge in [0.25, 0.3) is 0 Å². The lowest BCUT2D eigenvalue weighted by atomic mass is 10.1. The monoisotopic (exact) mass is 184 g/mol. The summed E-state index contributed by atoms with van der Waals surface area (Å²) >= 11 is 0. The number of rotatable bonds is 5. The van der Waals surface area contributed by atoms with Crippen LogP contribution in [0.1, 0.15) is 26.2 Å². The van der Waals surface area contributed by atoms with Crippen LogP contribution in [0.3, 0.4) is 0 Å². The largest absolute Gasteiger partial charge is 0.345 e. The van der Waals surface area contributed by atoms with Gasteiger partial charge in [0, 0.05) is 19.5 Å². The molecule has 3 heteroatoms. The first kappa shape index (κ1) is 10.5. The second-order valence-corrected chi connectivity index (χ2v) is 4.14. The number of nitrogens with two attached hydrogens (primary N) is 1. The van der Waals surface area contributed by atoms with Gasteiger partial charge < -0.3 is 10.6 Å². The SMILES string of the molecule is CC(CCN)C(=O)N(C)CC1CC1. The molecule has 1 saturated carbocycles. The van der Waals surface area contributed by atoms with Crippen molar-refractivity contribution < 1.29 is 4.79 Å². The molecule has 0 aromatic rings. The first-order chi connectivity index (χ1) is 6.15. The Morgan fingerprint density at radius 3 is 2.69 bits per heavy atom. The number of hydrogen-bond acceptors (Lipinski definition) is 2. The van der Waals surface area contributed by atoms with Gasteiger partial charge in [-0.15, -0.1) is 0 Å². The maximum Gasteiger partial charge on any atom is 0.225 e. The second kappa shape index (κ2) is 4.61. The van der Waals surface area contributed by atoms with Crippen LogP contribution in [-0.2, 0) is 4.79 Å². The molecule has 2 N–H and O–H groups in total. The van der Waals surface area contributed by atoms with Crippen LogP contribution in [-0.4, -0.2) is 30.9 Å². The number of carbonyl (C=O) groups is 1. The zero-order valence-corrected chi connectivity index (χ0v) is 8.62. The summed E-state index contributed by atoms with van der Waals surface area (Å²) in [5.74, 6) is 1.12. The molecule has 3 nitrogen and oxygen atoms in total. The van der Waals surface area contributed by atoms with Crippen molar-refractivity contribution in [2.75, 3.05) is 20.1 Å². The highest BCUT2D eigenvalue weighted by atomic mass is 16.2. The molecule has 0 radical (unpaired) electrons. The van der Waals surface area contributed by atoms with E-state index in [4.69, 9.17) is 5.73 Å². The van der Waals surface area contributed by atoms with Crippen LogP contribution < -0.4 is 5.73 Å². The van der Waals surface area contributed by atoms with Crippen molar-refractivity contribution in [1.29, 1.82) is 0 Å². The predicted molar refractivity (Wildman–Crippen MR) is 53.2 cm³/mol. The third-order valence-corrected chi connectivity index (χ3v) is 2.63. The maximum absolute atomic E-state index is 11.7. The molecule has 1 unspecified atom stereocenters. The summed E-state index contributed by atoms with van der Waals surface area (Å²) in [6.07, 6.45) is 3.39. The molecule has 1 aliphatic carbocycles. The van der Waals surface area contributed by atoms with E-state index in [0.29, 0.717) is 6.54 Å². The van der Waals surface area contributed by atoms with E-state index in [1.807, 2.05) is 18.9 Å². The second-order valence-electron chi connectivity index (χ2n) is 4.14. The Labute approximate surface area is 80.3 Å². The van der Waals surface area contributed by atoms with Gasteiger partial charge in [-0.05, 0) is 31.7 Å². The summed E-state index contributed by atoms with van der Waals surface area (Å²) in [5, 5.41) is 0. The molecule has 0 aromatic heterocycles. The molecule has 76 valence electrons. The first-order valence-corrected chi connectivity index (χ1v) is 5.10. The summed E-state index contributed by atoms with van der Waals surface area (Å²) in [7, 11) is 1.90. The fraction of sp³-hybridized carbons (Fsp3) is 0.900. The first-order valence-electron chi connectivity index (χ1n) is 5.10. The van der Waals surface area contributed by atoms with E-state index >= 15 is 0 Å². The molecule has 0 spiro atoms. The van der Waals surface area contributed by atoms with Crippen molar-refractivity contribution in [3.63, 3.8) is 0 Å². The van der Waals surface area contributed by atoms with Crippen molar-refractivity contribution in [3.05, 3.63) is 0 Å². The highest BCUT2D eigenvalue weighted by Gasteiger charge is 2.26. The average Bonchev–Trinajstić information content (AvgIpc) is 2.87. The van der Waals surface area contributed by atoms with E-state index in [2.05, 4.69) is 0 Å². The third kappa shape index (κ3) is 3.35.